The standard InChI is InChI=1S/C31H28FN7O4/c1-38(17-18-6-9-22(43-2)10-7-18)26-14-28(37-39-27(16-34-29(26)39)30(40)36-25-13-23(25)32)35-21-5-3-4-19(12-21)24-11-8-20(15-33-24)31(41)42/h3-12,14-16,23,25H,13,17H2,1-2H3,(H,35,37)(H,36,40)(H,41,42)/t23-,25+/m0/s1. The first-order valence-corrected chi connectivity index (χ1v) is 13.5. The van der Waals surface area contributed by atoms with Crippen LogP contribution < -0.4 is 20.3 Å². The van der Waals surface area contributed by atoms with Crippen molar-refractivity contribution in [1.82, 2.24) is 24.9 Å². The molecule has 0 unspecified atom stereocenters. The van der Waals surface area contributed by atoms with Gasteiger partial charge in [-0.15, -0.1) is 5.10 Å². The summed E-state index contributed by atoms with van der Waals surface area (Å²) in [6.07, 6.45) is 2.01. The number of nitrogens with one attached hydrogen (secondary N) is 2. The minimum Gasteiger partial charge on any atom is -0.497 e. The minimum absolute atomic E-state index is 0.103. The lowest BCUT2D eigenvalue weighted by atomic mass is 10.1. The fourth-order valence-corrected chi connectivity index (χ4v) is 4.69. The average molecular weight is 582 g/mol. The molecule has 3 N–H and O–H groups in total. The van der Waals surface area contributed by atoms with E-state index < -0.39 is 24.1 Å². The van der Waals surface area contributed by atoms with Crippen LogP contribution in [0.25, 0.3) is 16.9 Å². The Morgan fingerprint density at radius 1 is 1.09 bits per heavy atom. The topological polar surface area (TPSA) is 134 Å². The van der Waals surface area contributed by atoms with Crippen LogP contribution in [0.1, 0.15) is 32.8 Å². The molecule has 11 nitrogen and oxygen atoms in total. The fourth-order valence-electron chi connectivity index (χ4n) is 4.69. The molecule has 43 heavy (non-hydrogen) atoms. The third-order valence-electron chi connectivity index (χ3n) is 7.14. The van der Waals surface area contributed by atoms with Crippen LogP contribution >= 0.6 is 0 Å². The van der Waals surface area contributed by atoms with Crippen LogP contribution in [0, 0.1) is 0 Å². The molecule has 0 spiro atoms. The lowest BCUT2D eigenvalue weighted by molar-refractivity contribution is 0.0696. The molecule has 2 atom stereocenters. The van der Waals surface area contributed by atoms with Crippen LogP contribution in [-0.2, 0) is 6.54 Å². The summed E-state index contributed by atoms with van der Waals surface area (Å²) >= 11 is 0. The maximum Gasteiger partial charge on any atom is 0.337 e. The quantitative estimate of drug-likeness (QED) is 0.214. The summed E-state index contributed by atoms with van der Waals surface area (Å²) in [5, 5.41) is 19.9. The number of aromatic carboxylic acids is 1. The van der Waals surface area contributed by atoms with Gasteiger partial charge >= 0.3 is 5.97 Å². The Kier molecular flexibility index (Phi) is 7.33. The molecule has 1 aliphatic carbocycles. The van der Waals surface area contributed by atoms with E-state index in [9.17, 15) is 19.1 Å². The predicted molar refractivity (Wildman–Crippen MR) is 159 cm³/mol. The molecular formula is C31H28FN7O4. The van der Waals surface area contributed by atoms with Crippen LogP contribution in [0.3, 0.4) is 0 Å². The number of aromatic nitrogens is 4. The molecule has 2 aromatic carbocycles. The van der Waals surface area contributed by atoms with Gasteiger partial charge in [-0.3, -0.25) is 9.78 Å². The molecule has 0 aliphatic heterocycles. The molecule has 0 radical (unpaired) electrons. The Morgan fingerprint density at radius 2 is 1.88 bits per heavy atom. The number of benzene rings is 2. The Morgan fingerprint density at radius 3 is 2.56 bits per heavy atom. The van der Waals surface area contributed by atoms with Gasteiger partial charge in [-0.05, 0) is 42.0 Å². The molecular weight excluding hydrogens is 553 g/mol. The van der Waals surface area contributed by atoms with Crippen LogP contribution in [0.4, 0.5) is 21.6 Å². The number of carbonyl (C=O) groups is 2. The SMILES string of the molecule is COc1ccc(CN(C)c2cc(Nc3cccc(-c4ccc(C(=O)O)cn4)c3)nn3c(C(=O)N[C@@H]4C[C@@H]4F)cnc23)cc1. The third-order valence-corrected chi connectivity index (χ3v) is 7.14. The van der Waals surface area contributed by atoms with Gasteiger partial charge in [-0.25, -0.2) is 18.7 Å². The van der Waals surface area contributed by atoms with Crippen LogP contribution in [0.2, 0.25) is 0 Å². The highest BCUT2D eigenvalue weighted by Gasteiger charge is 2.39. The summed E-state index contributed by atoms with van der Waals surface area (Å²) in [5.41, 5.74) is 4.58. The average Bonchev–Trinajstić information content (AvgIpc) is 3.53. The fraction of sp³-hybridized carbons (Fsp3) is 0.194. The van der Waals surface area contributed by atoms with E-state index in [1.54, 1.807) is 13.2 Å². The smallest absolute Gasteiger partial charge is 0.337 e. The van der Waals surface area contributed by atoms with Gasteiger partial charge in [-0.1, -0.05) is 24.3 Å². The van der Waals surface area contributed by atoms with E-state index in [0.29, 0.717) is 41.5 Å². The minimum atomic E-state index is -1.04. The summed E-state index contributed by atoms with van der Waals surface area (Å²) in [7, 11) is 3.54. The van der Waals surface area contributed by atoms with Gasteiger partial charge in [0.25, 0.3) is 5.91 Å². The summed E-state index contributed by atoms with van der Waals surface area (Å²) in [4.78, 5) is 35.0. The highest BCUT2D eigenvalue weighted by Crippen LogP contribution is 2.29. The van der Waals surface area contributed by atoms with Gasteiger partial charge in [0, 0.05) is 43.5 Å². The number of carboxylic acid groups (broad SMARTS) is 1. The van der Waals surface area contributed by atoms with Crippen molar-refractivity contribution >= 4 is 34.7 Å². The number of methoxy groups -OCH3 is 1. The van der Waals surface area contributed by atoms with E-state index in [1.165, 1.54) is 23.0 Å². The van der Waals surface area contributed by atoms with Crippen molar-refractivity contribution in [1.29, 1.82) is 0 Å². The highest BCUT2D eigenvalue weighted by atomic mass is 19.1. The van der Waals surface area contributed by atoms with Crippen LogP contribution in [0.15, 0.2) is 79.1 Å². The van der Waals surface area contributed by atoms with Gasteiger partial charge < -0.3 is 25.4 Å². The van der Waals surface area contributed by atoms with E-state index in [4.69, 9.17) is 4.74 Å². The molecule has 3 aromatic heterocycles. The van der Waals surface area contributed by atoms with Gasteiger partial charge in [0.2, 0.25) is 0 Å². The van der Waals surface area contributed by atoms with E-state index >= 15 is 0 Å². The molecule has 0 bridgehead atoms. The van der Waals surface area contributed by atoms with Crippen molar-refractivity contribution in [2.24, 2.45) is 0 Å². The molecule has 1 aliphatic rings. The number of pyridine rings is 1. The van der Waals surface area contributed by atoms with E-state index in [-0.39, 0.29) is 11.3 Å². The Bertz CT molecular complexity index is 1810. The van der Waals surface area contributed by atoms with Gasteiger partial charge in [0.05, 0.1) is 36.3 Å². The van der Waals surface area contributed by atoms with Crippen molar-refractivity contribution in [3.05, 3.63) is 95.9 Å². The molecule has 6 rings (SSSR count). The zero-order chi connectivity index (χ0) is 30.1. The van der Waals surface area contributed by atoms with Crippen LogP contribution in [0.5, 0.6) is 5.75 Å². The number of ether oxygens (including phenoxy) is 1. The number of carboxylic acids is 1. The molecule has 12 heteroatoms. The molecule has 218 valence electrons. The Balaban J connectivity index is 1.34. The number of nitrogens with zero attached hydrogens (tertiary/aromatic N) is 5. The van der Waals surface area contributed by atoms with E-state index in [1.807, 2.05) is 66.5 Å². The number of amides is 1. The third kappa shape index (κ3) is 5.94. The number of imidazole rings is 1. The van der Waals surface area contributed by atoms with Crippen molar-refractivity contribution < 1.29 is 23.8 Å². The molecule has 5 aromatic rings. The number of anilines is 3. The second-order valence-electron chi connectivity index (χ2n) is 10.3. The highest BCUT2D eigenvalue weighted by molar-refractivity contribution is 5.94. The zero-order valence-electron chi connectivity index (χ0n) is 23.4. The number of halogens is 1. The Labute approximate surface area is 246 Å². The second kappa shape index (κ2) is 11.4. The first-order chi connectivity index (χ1) is 20.8. The largest absolute Gasteiger partial charge is 0.497 e. The van der Waals surface area contributed by atoms with E-state index in [2.05, 4.69) is 25.7 Å². The second-order valence-corrected chi connectivity index (χ2v) is 10.3. The number of alkyl halides is 1. The van der Waals surface area contributed by atoms with Crippen molar-refractivity contribution in [2.45, 2.75) is 25.2 Å². The number of fused-ring (bicyclic) bond motifs is 1. The van der Waals surface area contributed by atoms with Gasteiger partial charge in [0.15, 0.2) is 17.2 Å². The Hall–Kier alpha value is -5.52. The summed E-state index contributed by atoms with van der Waals surface area (Å²) in [5.74, 6) is -0.298. The molecule has 1 fully saturated rings. The molecule has 1 saturated carbocycles. The van der Waals surface area contributed by atoms with E-state index in [0.717, 1.165) is 16.9 Å². The summed E-state index contributed by atoms with van der Waals surface area (Å²) in [6.45, 7) is 0.538. The molecule has 0 saturated heterocycles. The summed E-state index contributed by atoms with van der Waals surface area (Å²) in [6, 6.07) is 19.7. The van der Waals surface area contributed by atoms with Gasteiger partial charge in [0.1, 0.15) is 11.9 Å². The predicted octanol–water partition coefficient (Wildman–Crippen LogP) is 4.72. The molecule has 1 amide bonds. The first kappa shape index (κ1) is 27.6. The van der Waals surface area contributed by atoms with Crippen molar-refractivity contribution in [2.75, 3.05) is 24.4 Å². The normalized spacial score (nSPS) is 15.6. The monoisotopic (exact) mass is 581 g/mol. The zero-order valence-corrected chi connectivity index (χ0v) is 23.4. The van der Waals surface area contributed by atoms with Crippen LogP contribution in [-0.4, -0.2) is 62.9 Å². The number of carbonyl (C=O) groups excluding carboxylic acids is 1. The van der Waals surface area contributed by atoms with Crippen molar-refractivity contribution in [3.8, 4) is 17.0 Å². The summed E-state index contributed by atoms with van der Waals surface area (Å²) < 4.78 is 20.3. The number of rotatable bonds is 10. The van der Waals surface area contributed by atoms with Gasteiger partial charge in [-0.2, -0.15) is 0 Å². The maximum absolute atomic E-state index is 13.5. The first-order valence-electron chi connectivity index (χ1n) is 13.5. The maximum atomic E-state index is 13.5. The number of hydrogen-bond donors (Lipinski definition) is 3. The lowest BCUT2D eigenvalue weighted by Gasteiger charge is -2.21. The molecule has 3 heterocycles. The van der Waals surface area contributed by atoms with Crippen molar-refractivity contribution in [3.63, 3.8) is 0 Å². The number of hydrogen-bond acceptors (Lipinski definition) is 8. The lowest BCUT2D eigenvalue weighted by Crippen LogP contribution is -2.28.